The van der Waals surface area contributed by atoms with Crippen LogP contribution in [0.2, 0.25) is 0 Å². The Labute approximate surface area is 155 Å². The molecule has 5 nitrogen and oxygen atoms in total. The van der Waals surface area contributed by atoms with Crippen molar-refractivity contribution in [3.63, 3.8) is 0 Å². The molecule has 2 unspecified atom stereocenters. The molecule has 0 aromatic heterocycles. The van der Waals surface area contributed by atoms with Gasteiger partial charge in [-0.3, -0.25) is 4.90 Å². The Morgan fingerprint density at radius 1 is 1.24 bits per heavy atom. The lowest BCUT2D eigenvalue weighted by Gasteiger charge is -2.49. The van der Waals surface area contributed by atoms with Gasteiger partial charge in [0.05, 0.1) is 13.2 Å². The molecule has 0 radical (unpaired) electrons. The normalized spacial score (nSPS) is 35.4. The highest BCUT2D eigenvalue weighted by atomic mass is 35.5. The van der Waals surface area contributed by atoms with Crippen molar-refractivity contribution in [2.75, 3.05) is 45.9 Å². The van der Waals surface area contributed by atoms with Gasteiger partial charge in [0.25, 0.3) is 0 Å². The van der Waals surface area contributed by atoms with Crippen LogP contribution in [0.3, 0.4) is 0 Å². The Bertz CT molecular complexity index is 491. The van der Waals surface area contributed by atoms with E-state index in [1.54, 1.807) is 0 Å². The van der Waals surface area contributed by atoms with Crippen LogP contribution in [0.25, 0.3) is 0 Å². The van der Waals surface area contributed by atoms with Crippen molar-refractivity contribution in [1.82, 2.24) is 15.1 Å². The first-order chi connectivity index (χ1) is 11.8. The number of rotatable bonds is 5. The zero-order valence-electron chi connectivity index (χ0n) is 15.5. The van der Waals surface area contributed by atoms with Crippen LogP contribution in [0.4, 0.5) is 9.18 Å². The first-order valence-electron chi connectivity index (χ1n) is 9.55. The molecule has 0 aromatic rings. The average Bonchev–Trinajstić information content (AvgIpc) is 3.13. The van der Waals surface area contributed by atoms with Crippen LogP contribution in [-0.2, 0) is 4.74 Å². The maximum absolute atomic E-state index is 13.7. The molecule has 3 rings (SSSR count). The fraction of sp³-hybridized carbons (Fsp3) is 0.944. The van der Waals surface area contributed by atoms with Crippen molar-refractivity contribution in [2.45, 2.75) is 56.6 Å². The number of morpholine rings is 1. The maximum Gasteiger partial charge on any atom is 0.317 e. The van der Waals surface area contributed by atoms with Gasteiger partial charge in [-0.25, -0.2) is 9.18 Å². The van der Waals surface area contributed by atoms with E-state index >= 15 is 0 Å². The fourth-order valence-electron chi connectivity index (χ4n) is 4.33. The van der Waals surface area contributed by atoms with Gasteiger partial charge in [0.15, 0.2) is 5.13 Å². The first kappa shape index (κ1) is 19.2. The number of piperidine rings is 1. The van der Waals surface area contributed by atoms with Crippen LogP contribution in [0, 0.1) is 5.41 Å². The maximum atomic E-state index is 13.7. The summed E-state index contributed by atoms with van der Waals surface area (Å²) in [6, 6.07) is -0.0324. The van der Waals surface area contributed by atoms with Crippen LogP contribution < -0.4 is 5.32 Å². The second-order valence-electron chi connectivity index (χ2n) is 8.09. The third kappa shape index (κ3) is 3.91. The Morgan fingerprint density at radius 3 is 2.36 bits per heavy atom. The molecule has 144 valence electrons. The summed E-state index contributed by atoms with van der Waals surface area (Å²) >= 11 is 5.73. The van der Waals surface area contributed by atoms with Crippen LogP contribution >= 0.6 is 11.6 Å². The highest BCUT2D eigenvalue weighted by Crippen LogP contribution is 2.63. The molecule has 0 aromatic carbocycles. The minimum Gasteiger partial charge on any atom is -0.379 e. The van der Waals surface area contributed by atoms with E-state index in [0.29, 0.717) is 19.4 Å². The quantitative estimate of drug-likeness (QED) is 0.751. The highest BCUT2D eigenvalue weighted by molar-refractivity contribution is 6.25. The number of hydrogen-bond acceptors (Lipinski definition) is 3. The molecule has 25 heavy (non-hydrogen) atoms. The number of alkyl halides is 2. The van der Waals surface area contributed by atoms with E-state index < -0.39 is 10.5 Å². The molecule has 1 aliphatic carbocycles. The van der Waals surface area contributed by atoms with Crippen LogP contribution in [0.15, 0.2) is 0 Å². The number of likely N-dealkylation sites (tertiary alicyclic amines) is 1. The van der Waals surface area contributed by atoms with E-state index in [4.69, 9.17) is 16.3 Å². The number of amides is 2. The molecule has 2 heterocycles. The van der Waals surface area contributed by atoms with E-state index in [1.807, 2.05) is 11.8 Å². The lowest BCUT2D eigenvalue weighted by atomic mass is 9.83. The molecule has 0 spiro atoms. The largest absolute Gasteiger partial charge is 0.379 e. The number of nitrogens with zero attached hydrogens (tertiary/aromatic N) is 2. The average molecular weight is 376 g/mol. The topological polar surface area (TPSA) is 44.8 Å². The minimum atomic E-state index is -1.58. The lowest BCUT2D eigenvalue weighted by molar-refractivity contribution is -0.0453. The standard InChI is InChI=1S/C18H31ClFN3O2/c1-3-17(23-10-12-25-13-11-23)5-8-22(9-6-17)15(24)21-7-4-16(2)14-18(16,19)20/h3-14H2,1-2H3,(H,21,24). The van der Waals surface area contributed by atoms with Gasteiger partial charge in [0.1, 0.15) is 0 Å². The van der Waals surface area contributed by atoms with Gasteiger partial charge in [-0.1, -0.05) is 25.4 Å². The van der Waals surface area contributed by atoms with Gasteiger partial charge in [-0.15, -0.1) is 0 Å². The number of carbonyl (C=O) groups is 1. The van der Waals surface area contributed by atoms with Crippen molar-refractivity contribution in [3.05, 3.63) is 0 Å². The predicted molar refractivity (Wildman–Crippen MR) is 96.7 cm³/mol. The molecular weight excluding hydrogens is 345 g/mol. The number of halogens is 2. The summed E-state index contributed by atoms with van der Waals surface area (Å²) in [6.45, 7) is 9.70. The molecular formula is C18H31ClFN3O2. The second kappa shape index (κ2) is 7.20. The number of urea groups is 1. The summed E-state index contributed by atoms with van der Waals surface area (Å²) in [5.74, 6) is 0. The van der Waals surface area contributed by atoms with Crippen molar-refractivity contribution >= 4 is 17.6 Å². The lowest BCUT2D eigenvalue weighted by Crippen LogP contribution is -2.59. The van der Waals surface area contributed by atoms with Gasteiger partial charge < -0.3 is 15.0 Å². The zero-order chi connectivity index (χ0) is 18.1. The second-order valence-corrected chi connectivity index (χ2v) is 8.69. The van der Waals surface area contributed by atoms with Crippen molar-refractivity contribution in [3.8, 4) is 0 Å². The summed E-state index contributed by atoms with van der Waals surface area (Å²) in [4.78, 5) is 16.8. The van der Waals surface area contributed by atoms with Crippen LogP contribution in [-0.4, -0.2) is 72.4 Å². The molecule has 2 amide bonds. The Hall–Kier alpha value is -0.590. The van der Waals surface area contributed by atoms with Crippen LogP contribution in [0.1, 0.15) is 46.0 Å². The fourth-order valence-corrected chi connectivity index (χ4v) is 4.72. The van der Waals surface area contributed by atoms with E-state index in [9.17, 15) is 9.18 Å². The summed E-state index contributed by atoms with van der Waals surface area (Å²) in [5.41, 5.74) is -0.286. The smallest absolute Gasteiger partial charge is 0.317 e. The number of hydrogen-bond donors (Lipinski definition) is 1. The minimum absolute atomic E-state index is 0.0324. The molecule has 1 saturated carbocycles. The van der Waals surface area contributed by atoms with Gasteiger partial charge in [-0.05, 0) is 25.7 Å². The van der Waals surface area contributed by atoms with Gasteiger partial charge >= 0.3 is 6.03 Å². The summed E-state index contributed by atoms with van der Waals surface area (Å²) < 4.78 is 19.1. The monoisotopic (exact) mass is 375 g/mol. The Balaban J connectivity index is 1.44. The van der Waals surface area contributed by atoms with Gasteiger partial charge in [0.2, 0.25) is 0 Å². The van der Waals surface area contributed by atoms with E-state index in [0.717, 1.165) is 58.7 Å². The molecule has 7 heteroatoms. The number of nitrogens with one attached hydrogen (secondary N) is 1. The molecule has 2 saturated heterocycles. The number of carbonyl (C=O) groups excluding carboxylic acids is 1. The molecule has 2 atom stereocenters. The van der Waals surface area contributed by atoms with Crippen molar-refractivity contribution in [2.24, 2.45) is 5.41 Å². The van der Waals surface area contributed by atoms with Crippen LogP contribution in [0.5, 0.6) is 0 Å². The zero-order valence-corrected chi connectivity index (χ0v) is 16.2. The summed E-state index contributed by atoms with van der Waals surface area (Å²) in [6.07, 6.45) is 4.07. The summed E-state index contributed by atoms with van der Waals surface area (Å²) in [5, 5.41) is 1.36. The SMILES string of the molecule is CCC1(N2CCOCC2)CCN(C(=O)NCCC2(C)CC2(F)Cl)CC1. The molecule has 3 fully saturated rings. The van der Waals surface area contributed by atoms with Crippen molar-refractivity contribution < 1.29 is 13.9 Å². The molecule has 2 aliphatic heterocycles. The third-order valence-electron chi connectivity index (χ3n) is 6.64. The van der Waals surface area contributed by atoms with Crippen molar-refractivity contribution in [1.29, 1.82) is 0 Å². The van der Waals surface area contributed by atoms with E-state index in [1.165, 1.54) is 0 Å². The molecule has 1 N–H and O–H groups in total. The van der Waals surface area contributed by atoms with Gasteiger partial charge in [-0.2, -0.15) is 0 Å². The first-order valence-corrected chi connectivity index (χ1v) is 9.93. The Kier molecular flexibility index (Phi) is 5.52. The highest BCUT2D eigenvalue weighted by Gasteiger charge is 2.64. The Morgan fingerprint density at radius 2 is 1.84 bits per heavy atom. The molecule has 0 bridgehead atoms. The van der Waals surface area contributed by atoms with E-state index in [-0.39, 0.29) is 11.6 Å². The summed E-state index contributed by atoms with van der Waals surface area (Å²) in [7, 11) is 0. The third-order valence-corrected chi connectivity index (χ3v) is 7.23. The van der Waals surface area contributed by atoms with E-state index in [2.05, 4.69) is 17.1 Å². The van der Waals surface area contributed by atoms with Gasteiger partial charge in [0, 0.05) is 50.1 Å². The molecule has 3 aliphatic rings. The predicted octanol–water partition coefficient (Wildman–Crippen LogP) is 2.98. The number of ether oxygens (including phenoxy) is 1.